The summed E-state index contributed by atoms with van der Waals surface area (Å²) in [6.07, 6.45) is 0. The van der Waals surface area contributed by atoms with Crippen molar-refractivity contribution in [2.24, 2.45) is 0 Å². The number of hydrogen-bond acceptors (Lipinski definition) is 3. The summed E-state index contributed by atoms with van der Waals surface area (Å²) in [6, 6.07) is 34.7. The summed E-state index contributed by atoms with van der Waals surface area (Å²) in [4.78, 5) is 9.85. The zero-order valence-electron chi connectivity index (χ0n) is 17.0. The maximum Gasteiger partial charge on any atom is 0.160 e. The van der Waals surface area contributed by atoms with Crippen LogP contribution in [0.5, 0.6) is 0 Å². The van der Waals surface area contributed by atoms with Crippen LogP contribution in [0.2, 0.25) is 0 Å². The second kappa shape index (κ2) is 7.74. The Hall–Kier alpha value is -3.76. The quantitative estimate of drug-likeness (QED) is 0.258. The third kappa shape index (κ3) is 3.39. The molecule has 0 saturated heterocycles. The second-order valence-corrected chi connectivity index (χ2v) is 8.56. The zero-order chi connectivity index (χ0) is 21.5. The standard InChI is InChI=1S/C28H17BrN2O/c29-21-10-6-9-19(15-21)25-17-24(18-7-2-1-3-8-18)30-28(31-25)20-13-14-23-22-11-4-5-12-26(22)32-27(23)16-20/h1-17H. The molecule has 152 valence electrons. The number of hydrogen-bond donors (Lipinski definition) is 0. The van der Waals surface area contributed by atoms with E-state index in [1.165, 1.54) is 0 Å². The summed E-state index contributed by atoms with van der Waals surface area (Å²) in [7, 11) is 0. The summed E-state index contributed by atoms with van der Waals surface area (Å²) in [5.41, 5.74) is 6.48. The molecule has 2 aromatic heterocycles. The molecule has 0 atom stereocenters. The molecule has 4 aromatic carbocycles. The highest BCUT2D eigenvalue weighted by atomic mass is 79.9. The minimum absolute atomic E-state index is 0.670. The van der Waals surface area contributed by atoms with Crippen molar-refractivity contribution < 1.29 is 4.42 Å². The lowest BCUT2D eigenvalue weighted by Crippen LogP contribution is -1.95. The van der Waals surface area contributed by atoms with Crippen LogP contribution in [-0.4, -0.2) is 9.97 Å². The predicted molar refractivity (Wildman–Crippen MR) is 133 cm³/mol. The Balaban J connectivity index is 1.56. The Morgan fingerprint density at radius 1 is 0.531 bits per heavy atom. The molecule has 0 saturated carbocycles. The van der Waals surface area contributed by atoms with E-state index in [0.29, 0.717) is 5.82 Å². The van der Waals surface area contributed by atoms with Crippen LogP contribution in [0.4, 0.5) is 0 Å². The summed E-state index contributed by atoms with van der Waals surface area (Å²) < 4.78 is 7.11. The van der Waals surface area contributed by atoms with Gasteiger partial charge in [0.15, 0.2) is 5.82 Å². The van der Waals surface area contributed by atoms with Crippen LogP contribution < -0.4 is 0 Å². The van der Waals surface area contributed by atoms with Gasteiger partial charge in [0, 0.05) is 31.9 Å². The van der Waals surface area contributed by atoms with E-state index in [2.05, 4.69) is 58.4 Å². The van der Waals surface area contributed by atoms with Crippen LogP contribution in [0.25, 0.3) is 55.8 Å². The van der Waals surface area contributed by atoms with E-state index in [0.717, 1.165) is 54.5 Å². The van der Waals surface area contributed by atoms with E-state index in [-0.39, 0.29) is 0 Å². The van der Waals surface area contributed by atoms with Gasteiger partial charge in [-0.1, -0.05) is 82.7 Å². The largest absolute Gasteiger partial charge is 0.456 e. The van der Waals surface area contributed by atoms with Crippen LogP contribution in [0.3, 0.4) is 0 Å². The summed E-state index contributed by atoms with van der Waals surface area (Å²) in [5, 5.41) is 2.21. The van der Waals surface area contributed by atoms with Gasteiger partial charge in [0.2, 0.25) is 0 Å². The van der Waals surface area contributed by atoms with E-state index in [4.69, 9.17) is 14.4 Å². The van der Waals surface area contributed by atoms with Crippen molar-refractivity contribution in [1.82, 2.24) is 9.97 Å². The van der Waals surface area contributed by atoms with E-state index >= 15 is 0 Å². The SMILES string of the molecule is Brc1cccc(-c2cc(-c3ccccc3)nc(-c3ccc4c(c3)oc3ccccc34)n2)c1. The van der Waals surface area contributed by atoms with Crippen LogP contribution >= 0.6 is 15.9 Å². The van der Waals surface area contributed by atoms with Crippen molar-refractivity contribution in [1.29, 1.82) is 0 Å². The molecule has 0 fully saturated rings. The smallest absolute Gasteiger partial charge is 0.160 e. The van der Waals surface area contributed by atoms with Gasteiger partial charge < -0.3 is 4.42 Å². The highest BCUT2D eigenvalue weighted by Gasteiger charge is 2.13. The van der Waals surface area contributed by atoms with Gasteiger partial charge in [0.05, 0.1) is 11.4 Å². The average Bonchev–Trinajstić information content (AvgIpc) is 3.22. The van der Waals surface area contributed by atoms with Gasteiger partial charge in [-0.25, -0.2) is 9.97 Å². The predicted octanol–water partition coefficient (Wildman–Crippen LogP) is 8.14. The molecule has 0 spiro atoms. The lowest BCUT2D eigenvalue weighted by Gasteiger charge is -2.09. The van der Waals surface area contributed by atoms with Gasteiger partial charge >= 0.3 is 0 Å². The van der Waals surface area contributed by atoms with Crippen molar-refractivity contribution >= 4 is 37.9 Å². The van der Waals surface area contributed by atoms with Gasteiger partial charge in [0.25, 0.3) is 0 Å². The molecule has 0 aliphatic heterocycles. The maximum absolute atomic E-state index is 6.10. The lowest BCUT2D eigenvalue weighted by molar-refractivity contribution is 0.669. The van der Waals surface area contributed by atoms with Gasteiger partial charge in [-0.15, -0.1) is 0 Å². The number of benzene rings is 4. The normalized spacial score (nSPS) is 11.3. The fourth-order valence-electron chi connectivity index (χ4n) is 3.99. The molecule has 3 nitrogen and oxygen atoms in total. The second-order valence-electron chi connectivity index (χ2n) is 7.65. The topological polar surface area (TPSA) is 38.9 Å². The Kier molecular flexibility index (Phi) is 4.58. The molecule has 0 unspecified atom stereocenters. The number of rotatable bonds is 3. The first kappa shape index (κ1) is 19.0. The highest BCUT2D eigenvalue weighted by molar-refractivity contribution is 9.10. The van der Waals surface area contributed by atoms with Gasteiger partial charge in [-0.05, 0) is 36.4 Å². The number of furan rings is 1. The molecular formula is C28H17BrN2O. The van der Waals surface area contributed by atoms with E-state index in [1.807, 2.05) is 60.7 Å². The molecule has 0 radical (unpaired) electrons. The minimum atomic E-state index is 0.670. The Morgan fingerprint density at radius 3 is 2.09 bits per heavy atom. The van der Waals surface area contributed by atoms with Gasteiger partial charge in [-0.2, -0.15) is 0 Å². The van der Waals surface area contributed by atoms with E-state index < -0.39 is 0 Å². The summed E-state index contributed by atoms with van der Waals surface area (Å²) in [6.45, 7) is 0. The molecule has 2 heterocycles. The third-order valence-electron chi connectivity index (χ3n) is 5.55. The maximum atomic E-state index is 6.10. The molecule has 4 heteroatoms. The summed E-state index contributed by atoms with van der Waals surface area (Å²) >= 11 is 3.57. The fraction of sp³-hybridized carbons (Fsp3) is 0. The highest BCUT2D eigenvalue weighted by Crippen LogP contribution is 2.33. The first-order chi connectivity index (χ1) is 15.7. The van der Waals surface area contributed by atoms with Crippen molar-refractivity contribution in [3.8, 4) is 33.9 Å². The van der Waals surface area contributed by atoms with E-state index in [9.17, 15) is 0 Å². The van der Waals surface area contributed by atoms with Crippen molar-refractivity contribution in [2.45, 2.75) is 0 Å². The van der Waals surface area contributed by atoms with Crippen LogP contribution in [0.15, 0.2) is 112 Å². The molecule has 0 bridgehead atoms. The zero-order valence-corrected chi connectivity index (χ0v) is 18.6. The average molecular weight is 477 g/mol. The van der Waals surface area contributed by atoms with Crippen molar-refractivity contribution in [3.05, 3.63) is 108 Å². The molecule has 6 aromatic rings. The molecule has 6 rings (SSSR count). The number of halogens is 1. The van der Waals surface area contributed by atoms with Crippen molar-refractivity contribution in [2.75, 3.05) is 0 Å². The lowest BCUT2D eigenvalue weighted by atomic mass is 10.1. The molecule has 0 amide bonds. The monoisotopic (exact) mass is 476 g/mol. The Morgan fingerprint density at radius 2 is 1.25 bits per heavy atom. The molecule has 0 N–H and O–H groups in total. The number of aromatic nitrogens is 2. The van der Waals surface area contributed by atoms with Crippen LogP contribution in [0.1, 0.15) is 0 Å². The molecular weight excluding hydrogens is 460 g/mol. The summed E-state index contributed by atoms with van der Waals surface area (Å²) in [5.74, 6) is 0.670. The van der Waals surface area contributed by atoms with Gasteiger partial charge in [0.1, 0.15) is 11.2 Å². The Labute approximate surface area is 193 Å². The number of para-hydroxylation sites is 1. The molecule has 32 heavy (non-hydrogen) atoms. The Bertz CT molecular complexity index is 1590. The fourth-order valence-corrected chi connectivity index (χ4v) is 4.39. The number of fused-ring (bicyclic) bond motifs is 3. The van der Waals surface area contributed by atoms with Crippen molar-refractivity contribution in [3.63, 3.8) is 0 Å². The van der Waals surface area contributed by atoms with Gasteiger partial charge in [-0.3, -0.25) is 0 Å². The van der Waals surface area contributed by atoms with Crippen LogP contribution in [0, 0.1) is 0 Å². The van der Waals surface area contributed by atoms with E-state index in [1.54, 1.807) is 0 Å². The number of nitrogens with zero attached hydrogens (tertiary/aromatic N) is 2. The molecule has 0 aliphatic rings. The first-order valence-electron chi connectivity index (χ1n) is 10.4. The van der Waals surface area contributed by atoms with Crippen LogP contribution in [-0.2, 0) is 0 Å². The third-order valence-corrected chi connectivity index (χ3v) is 6.05. The molecule has 0 aliphatic carbocycles. The first-order valence-corrected chi connectivity index (χ1v) is 11.2. The minimum Gasteiger partial charge on any atom is -0.456 e.